The maximum absolute atomic E-state index is 12.4. The lowest BCUT2D eigenvalue weighted by molar-refractivity contribution is 0.0958. The van der Waals surface area contributed by atoms with E-state index in [2.05, 4.69) is 40.9 Å². The van der Waals surface area contributed by atoms with Crippen molar-refractivity contribution in [2.45, 2.75) is 26.2 Å². The maximum Gasteiger partial charge on any atom is 0.261 e. The minimum absolute atomic E-state index is 0.0507. The fraction of sp³-hybridized carbons (Fsp3) is 0.294. The SMILES string of the molecule is Cc1nc2[nH]cc(C(C)c3ccc(C(=O)NCCc4nn[nH]n4)s3)c2c(=O)[nH]1. The fourth-order valence-electron chi connectivity index (χ4n) is 3.04. The third-order valence-corrected chi connectivity index (χ3v) is 5.72. The Kier molecular flexibility index (Phi) is 4.74. The number of aromatic amines is 3. The first-order chi connectivity index (χ1) is 13.5. The molecule has 0 aromatic carbocycles. The van der Waals surface area contributed by atoms with Crippen molar-refractivity contribution in [2.24, 2.45) is 0 Å². The predicted octanol–water partition coefficient (Wildman–Crippen LogP) is 1.26. The second kappa shape index (κ2) is 7.35. The lowest BCUT2D eigenvalue weighted by Crippen LogP contribution is -2.25. The van der Waals surface area contributed by atoms with E-state index in [-0.39, 0.29) is 17.4 Å². The van der Waals surface area contributed by atoms with Crippen LogP contribution in [0.4, 0.5) is 0 Å². The number of H-pyrrole nitrogens is 3. The lowest BCUT2D eigenvalue weighted by Gasteiger charge is -2.07. The topological polar surface area (TPSA) is 145 Å². The highest BCUT2D eigenvalue weighted by Gasteiger charge is 2.20. The Hall–Kier alpha value is -3.34. The van der Waals surface area contributed by atoms with Gasteiger partial charge in [-0.1, -0.05) is 12.1 Å². The zero-order chi connectivity index (χ0) is 19.7. The third kappa shape index (κ3) is 3.43. The number of nitrogens with zero attached hydrogens (tertiary/aromatic N) is 4. The first kappa shape index (κ1) is 18.0. The largest absolute Gasteiger partial charge is 0.351 e. The summed E-state index contributed by atoms with van der Waals surface area (Å²) in [4.78, 5) is 36.5. The van der Waals surface area contributed by atoms with Crippen LogP contribution in [0.1, 0.15) is 44.6 Å². The van der Waals surface area contributed by atoms with Gasteiger partial charge in [-0.15, -0.1) is 21.5 Å². The summed E-state index contributed by atoms with van der Waals surface area (Å²) < 4.78 is 0. The number of fused-ring (bicyclic) bond motifs is 1. The van der Waals surface area contributed by atoms with Crippen molar-refractivity contribution in [1.82, 2.24) is 40.9 Å². The molecule has 0 aliphatic rings. The first-order valence-electron chi connectivity index (χ1n) is 8.71. The number of thiophene rings is 1. The van der Waals surface area contributed by atoms with E-state index in [1.165, 1.54) is 11.3 Å². The molecule has 10 nitrogen and oxygen atoms in total. The molecule has 0 radical (unpaired) electrons. The van der Waals surface area contributed by atoms with E-state index in [0.717, 1.165) is 10.4 Å². The van der Waals surface area contributed by atoms with Crippen molar-refractivity contribution in [3.05, 3.63) is 55.6 Å². The average molecular weight is 398 g/mol. The summed E-state index contributed by atoms with van der Waals surface area (Å²) in [6.45, 7) is 4.17. The number of nitrogens with one attached hydrogen (secondary N) is 4. The molecule has 0 bridgehead atoms. The molecule has 4 heterocycles. The molecule has 0 fully saturated rings. The summed E-state index contributed by atoms with van der Waals surface area (Å²) in [5.41, 5.74) is 1.26. The Bertz CT molecular complexity index is 1170. The maximum atomic E-state index is 12.4. The Morgan fingerprint density at radius 1 is 1.36 bits per heavy atom. The molecule has 0 saturated carbocycles. The van der Waals surface area contributed by atoms with Gasteiger partial charge in [-0.05, 0) is 24.6 Å². The number of carbonyl (C=O) groups excluding carboxylic acids is 1. The molecular formula is C17H18N8O2S. The molecule has 28 heavy (non-hydrogen) atoms. The molecule has 0 aliphatic heterocycles. The van der Waals surface area contributed by atoms with Crippen LogP contribution in [0.15, 0.2) is 23.1 Å². The molecule has 144 valence electrons. The number of tetrazole rings is 1. The van der Waals surface area contributed by atoms with Crippen molar-refractivity contribution in [3.8, 4) is 0 Å². The molecular weight excluding hydrogens is 380 g/mol. The predicted molar refractivity (Wildman–Crippen MR) is 104 cm³/mol. The van der Waals surface area contributed by atoms with Crippen LogP contribution in [-0.2, 0) is 6.42 Å². The lowest BCUT2D eigenvalue weighted by atomic mass is 10.0. The normalized spacial score (nSPS) is 12.4. The minimum atomic E-state index is -0.165. The molecule has 1 unspecified atom stereocenters. The van der Waals surface area contributed by atoms with Crippen molar-refractivity contribution in [2.75, 3.05) is 6.54 Å². The van der Waals surface area contributed by atoms with Crippen LogP contribution in [0.25, 0.3) is 11.0 Å². The molecule has 11 heteroatoms. The summed E-state index contributed by atoms with van der Waals surface area (Å²) >= 11 is 1.40. The molecule has 0 aliphatic carbocycles. The Morgan fingerprint density at radius 3 is 3.00 bits per heavy atom. The Balaban J connectivity index is 1.49. The third-order valence-electron chi connectivity index (χ3n) is 4.46. The van der Waals surface area contributed by atoms with Crippen molar-refractivity contribution >= 4 is 28.3 Å². The van der Waals surface area contributed by atoms with E-state index in [0.29, 0.717) is 40.5 Å². The quantitative estimate of drug-likeness (QED) is 0.385. The van der Waals surface area contributed by atoms with Gasteiger partial charge in [0.15, 0.2) is 5.82 Å². The van der Waals surface area contributed by atoms with E-state index < -0.39 is 0 Å². The van der Waals surface area contributed by atoms with Crippen LogP contribution >= 0.6 is 11.3 Å². The zero-order valence-electron chi connectivity index (χ0n) is 15.2. The van der Waals surface area contributed by atoms with Gasteiger partial charge in [-0.3, -0.25) is 9.59 Å². The summed E-state index contributed by atoms with van der Waals surface area (Å²) in [6, 6.07) is 3.71. The Labute approximate surface area is 162 Å². The number of amides is 1. The summed E-state index contributed by atoms with van der Waals surface area (Å²) in [7, 11) is 0. The Morgan fingerprint density at radius 2 is 2.21 bits per heavy atom. The van der Waals surface area contributed by atoms with Crippen LogP contribution in [0, 0.1) is 6.92 Å². The van der Waals surface area contributed by atoms with Gasteiger partial charge in [0, 0.05) is 30.0 Å². The van der Waals surface area contributed by atoms with Crippen LogP contribution in [0.2, 0.25) is 0 Å². The molecule has 0 spiro atoms. The molecule has 0 saturated heterocycles. The number of hydrogen-bond acceptors (Lipinski definition) is 7. The van der Waals surface area contributed by atoms with Gasteiger partial charge in [0.1, 0.15) is 11.5 Å². The van der Waals surface area contributed by atoms with Crippen molar-refractivity contribution in [1.29, 1.82) is 0 Å². The van der Waals surface area contributed by atoms with E-state index >= 15 is 0 Å². The van der Waals surface area contributed by atoms with Gasteiger partial charge in [0.05, 0.1) is 10.3 Å². The van der Waals surface area contributed by atoms with E-state index in [4.69, 9.17) is 0 Å². The van der Waals surface area contributed by atoms with Gasteiger partial charge in [0.25, 0.3) is 11.5 Å². The fourth-order valence-corrected chi connectivity index (χ4v) is 4.04. The van der Waals surface area contributed by atoms with Crippen molar-refractivity contribution < 1.29 is 4.79 Å². The number of rotatable bonds is 6. The molecule has 1 amide bonds. The minimum Gasteiger partial charge on any atom is -0.351 e. The summed E-state index contributed by atoms with van der Waals surface area (Å²) in [5, 5.41) is 17.0. The van der Waals surface area contributed by atoms with Gasteiger partial charge in [-0.2, -0.15) is 5.21 Å². The summed E-state index contributed by atoms with van der Waals surface area (Å²) in [6.07, 6.45) is 2.31. The number of hydrogen-bond donors (Lipinski definition) is 4. The second-order valence-electron chi connectivity index (χ2n) is 6.38. The van der Waals surface area contributed by atoms with Crippen LogP contribution in [0.5, 0.6) is 0 Å². The van der Waals surface area contributed by atoms with E-state index in [1.54, 1.807) is 19.2 Å². The second-order valence-corrected chi connectivity index (χ2v) is 7.49. The first-order valence-corrected chi connectivity index (χ1v) is 9.52. The van der Waals surface area contributed by atoms with E-state index in [1.807, 2.05) is 13.0 Å². The van der Waals surface area contributed by atoms with Gasteiger partial charge < -0.3 is 15.3 Å². The number of aryl methyl sites for hydroxylation is 1. The highest BCUT2D eigenvalue weighted by Crippen LogP contribution is 2.32. The highest BCUT2D eigenvalue weighted by molar-refractivity contribution is 7.14. The number of carbonyl (C=O) groups is 1. The number of aromatic nitrogens is 7. The van der Waals surface area contributed by atoms with Crippen LogP contribution < -0.4 is 10.9 Å². The smallest absolute Gasteiger partial charge is 0.261 e. The molecule has 4 aromatic heterocycles. The molecule has 1 atom stereocenters. The molecule has 4 N–H and O–H groups in total. The van der Waals surface area contributed by atoms with Crippen molar-refractivity contribution in [3.63, 3.8) is 0 Å². The monoisotopic (exact) mass is 398 g/mol. The van der Waals surface area contributed by atoms with E-state index in [9.17, 15) is 9.59 Å². The average Bonchev–Trinajstić information content (AvgIpc) is 3.41. The van der Waals surface area contributed by atoms with Gasteiger partial charge in [-0.25, -0.2) is 4.98 Å². The van der Waals surface area contributed by atoms with Crippen LogP contribution in [0.3, 0.4) is 0 Å². The standard InChI is InChI=1S/C17H18N8O2S/c1-8(10-7-19-15-14(10)17(27)21-9(2)20-15)11-3-4-12(28-11)16(26)18-6-5-13-22-24-25-23-13/h3-4,7-8H,5-6H2,1-2H3,(H,18,26)(H2,19,20,21,27)(H,22,23,24,25). The zero-order valence-corrected chi connectivity index (χ0v) is 16.1. The molecule has 4 rings (SSSR count). The van der Waals surface area contributed by atoms with Gasteiger partial charge in [0.2, 0.25) is 0 Å². The highest BCUT2D eigenvalue weighted by atomic mass is 32.1. The van der Waals surface area contributed by atoms with Crippen LogP contribution in [-0.4, -0.2) is 48.0 Å². The molecule has 4 aromatic rings. The van der Waals surface area contributed by atoms with Gasteiger partial charge >= 0.3 is 0 Å². The summed E-state index contributed by atoms with van der Waals surface area (Å²) in [5.74, 6) is 0.912.